The van der Waals surface area contributed by atoms with Gasteiger partial charge >= 0.3 is 0 Å². The number of hydrogen-bond acceptors (Lipinski definition) is 3. The van der Waals surface area contributed by atoms with Crippen molar-refractivity contribution in [3.05, 3.63) is 35.4 Å². The molecule has 2 N–H and O–H groups in total. The van der Waals surface area contributed by atoms with Gasteiger partial charge in [0.1, 0.15) is 0 Å². The lowest BCUT2D eigenvalue weighted by molar-refractivity contribution is -0.121. The summed E-state index contributed by atoms with van der Waals surface area (Å²) in [6.45, 7) is 7.25. The van der Waals surface area contributed by atoms with Crippen LogP contribution in [0.4, 0.5) is 0 Å². The monoisotopic (exact) mass is 315 g/mol. The van der Waals surface area contributed by atoms with Gasteiger partial charge in [0.25, 0.3) is 0 Å². The molecule has 2 aliphatic rings. The van der Waals surface area contributed by atoms with E-state index >= 15 is 0 Å². The van der Waals surface area contributed by atoms with Gasteiger partial charge in [-0.05, 0) is 56.3 Å². The van der Waals surface area contributed by atoms with Crippen molar-refractivity contribution in [1.82, 2.24) is 15.5 Å². The van der Waals surface area contributed by atoms with Gasteiger partial charge in [0.15, 0.2) is 0 Å². The first-order valence-electron chi connectivity index (χ1n) is 9.00. The molecular weight excluding hydrogens is 286 g/mol. The standard InChI is InChI=1S/C19H29N3O/c1-15(12-21-19(23)7-6-16-8-10-20-13-16)22-11-9-17-4-2-3-5-18(17)14-22/h2-5,15-16,20H,6-14H2,1H3,(H,21,23). The van der Waals surface area contributed by atoms with Crippen LogP contribution in [0.3, 0.4) is 0 Å². The maximum atomic E-state index is 12.0. The molecule has 2 unspecified atom stereocenters. The zero-order chi connectivity index (χ0) is 16.1. The van der Waals surface area contributed by atoms with Gasteiger partial charge in [-0.2, -0.15) is 0 Å². The summed E-state index contributed by atoms with van der Waals surface area (Å²) in [5, 5.41) is 6.49. The lowest BCUT2D eigenvalue weighted by atomic mass is 9.99. The van der Waals surface area contributed by atoms with Crippen LogP contribution >= 0.6 is 0 Å². The number of benzene rings is 1. The van der Waals surface area contributed by atoms with E-state index in [4.69, 9.17) is 0 Å². The van der Waals surface area contributed by atoms with E-state index < -0.39 is 0 Å². The summed E-state index contributed by atoms with van der Waals surface area (Å²) in [6, 6.07) is 9.09. The predicted molar refractivity (Wildman–Crippen MR) is 93.2 cm³/mol. The molecule has 0 saturated carbocycles. The number of nitrogens with zero attached hydrogens (tertiary/aromatic N) is 1. The van der Waals surface area contributed by atoms with Crippen molar-refractivity contribution in [3.63, 3.8) is 0 Å². The highest BCUT2D eigenvalue weighted by atomic mass is 16.1. The van der Waals surface area contributed by atoms with E-state index in [1.807, 2.05) is 0 Å². The summed E-state index contributed by atoms with van der Waals surface area (Å²) in [5.41, 5.74) is 2.91. The molecule has 0 radical (unpaired) electrons. The third kappa shape index (κ3) is 4.55. The first-order chi connectivity index (χ1) is 11.2. The Bertz CT molecular complexity index is 525. The largest absolute Gasteiger partial charge is 0.355 e. The van der Waals surface area contributed by atoms with Crippen molar-refractivity contribution in [1.29, 1.82) is 0 Å². The van der Waals surface area contributed by atoms with E-state index in [1.54, 1.807) is 0 Å². The highest BCUT2D eigenvalue weighted by Crippen LogP contribution is 2.20. The topological polar surface area (TPSA) is 44.4 Å². The Labute approximate surface area is 139 Å². The molecule has 2 heterocycles. The van der Waals surface area contributed by atoms with Crippen LogP contribution in [0.15, 0.2) is 24.3 Å². The van der Waals surface area contributed by atoms with Gasteiger partial charge in [-0.1, -0.05) is 24.3 Å². The van der Waals surface area contributed by atoms with Crippen molar-refractivity contribution < 1.29 is 4.79 Å². The van der Waals surface area contributed by atoms with Crippen LogP contribution in [0, 0.1) is 5.92 Å². The molecule has 2 aliphatic heterocycles. The Morgan fingerprint density at radius 2 is 2.22 bits per heavy atom. The number of hydrogen-bond donors (Lipinski definition) is 2. The van der Waals surface area contributed by atoms with Gasteiger partial charge in [0, 0.05) is 32.1 Å². The summed E-state index contributed by atoms with van der Waals surface area (Å²) in [7, 11) is 0. The molecule has 3 rings (SSSR count). The van der Waals surface area contributed by atoms with E-state index in [-0.39, 0.29) is 5.91 Å². The molecule has 2 atom stereocenters. The normalized spacial score (nSPS) is 22.6. The molecule has 0 spiro atoms. The number of carbonyl (C=O) groups excluding carboxylic acids is 1. The van der Waals surface area contributed by atoms with Crippen LogP contribution in [0.2, 0.25) is 0 Å². The third-order valence-electron chi connectivity index (χ3n) is 5.32. The Hall–Kier alpha value is -1.39. The molecule has 1 amide bonds. The van der Waals surface area contributed by atoms with Crippen molar-refractivity contribution in [3.8, 4) is 0 Å². The van der Waals surface area contributed by atoms with E-state index in [0.29, 0.717) is 18.4 Å². The van der Waals surface area contributed by atoms with E-state index in [2.05, 4.69) is 46.7 Å². The second-order valence-electron chi connectivity index (χ2n) is 7.04. The quantitative estimate of drug-likeness (QED) is 0.843. The molecule has 1 fully saturated rings. The third-order valence-corrected chi connectivity index (χ3v) is 5.32. The van der Waals surface area contributed by atoms with E-state index in [9.17, 15) is 4.79 Å². The van der Waals surface area contributed by atoms with Crippen LogP contribution in [0.1, 0.15) is 37.3 Å². The fourth-order valence-electron chi connectivity index (χ4n) is 3.67. The molecule has 4 nitrogen and oxygen atoms in total. The molecule has 126 valence electrons. The average molecular weight is 315 g/mol. The highest BCUT2D eigenvalue weighted by molar-refractivity contribution is 5.75. The van der Waals surface area contributed by atoms with Gasteiger partial charge in [-0.15, -0.1) is 0 Å². The summed E-state index contributed by atoms with van der Waals surface area (Å²) < 4.78 is 0. The van der Waals surface area contributed by atoms with Crippen LogP contribution in [-0.4, -0.2) is 43.0 Å². The summed E-state index contributed by atoms with van der Waals surface area (Å²) >= 11 is 0. The zero-order valence-electron chi connectivity index (χ0n) is 14.2. The van der Waals surface area contributed by atoms with Crippen LogP contribution in [-0.2, 0) is 17.8 Å². The molecule has 0 bridgehead atoms. The predicted octanol–water partition coefficient (Wildman–Crippen LogP) is 1.94. The molecule has 4 heteroatoms. The van der Waals surface area contributed by atoms with Gasteiger partial charge < -0.3 is 10.6 Å². The molecule has 1 saturated heterocycles. The lowest BCUT2D eigenvalue weighted by Crippen LogP contribution is -2.44. The van der Waals surface area contributed by atoms with Crippen molar-refractivity contribution >= 4 is 5.91 Å². The Morgan fingerprint density at radius 3 is 3.00 bits per heavy atom. The molecule has 23 heavy (non-hydrogen) atoms. The Balaban J connectivity index is 1.39. The maximum absolute atomic E-state index is 12.0. The summed E-state index contributed by atoms with van der Waals surface area (Å²) in [5.74, 6) is 0.901. The zero-order valence-corrected chi connectivity index (χ0v) is 14.2. The minimum absolute atomic E-state index is 0.209. The molecule has 1 aromatic rings. The van der Waals surface area contributed by atoms with Gasteiger partial charge in [0.2, 0.25) is 5.91 Å². The van der Waals surface area contributed by atoms with E-state index in [0.717, 1.165) is 45.6 Å². The first kappa shape index (κ1) is 16.5. The minimum Gasteiger partial charge on any atom is -0.355 e. The maximum Gasteiger partial charge on any atom is 0.220 e. The van der Waals surface area contributed by atoms with Gasteiger partial charge in [0.05, 0.1) is 0 Å². The molecular formula is C19H29N3O. The van der Waals surface area contributed by atoms with Crippen molar-refractivity contribution in [2.24, 2.45) is 5.92 Å². The summed E-state index contributed by atoms with van der Waals surface area (Å²) in [6.07, 6.45) is 4.02. The SMILES string of the molecule is CC(CNC(=O)CCC1CCNC1)N1CCc2ccccc2C1. The molecule has 1 aromatic carbocycles. The van der Waals surface area contributed by atoms with Crippen molar-refractivity contribution in [2.75, 3.05) is 26.2 Å². The number of fused-ring (bicyclic) bond motifs is 1. The van der Waals surface area contributed by atoms with Crippen LogP contribution in [0.25, 0.3) is 0 Å². The van der Waals surface area contributed by atoms with Crippen LogP contribution in [0.5, 0.6) is 0 Å². The van der Waals surface area contributed by atoms with Gasteiger partial charge in [-0.3, -0.25) is 9.69 Å². The number of nitrogens with one attached hydrogen (secondary N) is 2. The fraction of sp³-hybridized carbons (Fsp3) is 0.632. The second-order valence-corrected chi connectivity index (χ2v) is 7.04. The van der Waals surface area contributed by atoms with Gasteiger partial charge in [-0.25, -0.2) is 0 Å². The van der Waals surface area contributed by atoms with Crippen molar-refractivity contribution in [2.45, 2.75) is 45.2 Å². The first-order valence-corrected chi connectivity index (χ1v) is 9.00. The second kappa shape index (κ2) is 7.93. The molecule has 0 aliphatic carbocycles. The molecule has 0 aromatic heterocycles. The Morgan fingerprint density at radius 1 is 1.39 bits per heavy atom. The minimum atomic E-state index is 0.209. The van der Waals surface area contributed by atoms with Crippen LogP contribution < -0.4 is 10.6 Å². The summed E-state index contributed by atoms with van der Waals surface area (Å²) in [4.78, 5) is 14.5. The Kier molecular flexibility index (Phi) is 5.68. The smallest absolute Gasteiger partial charge is 0.220 e. The number of rotatable bonds is 6. The van der Waals surface area contributed by atoms with E-state index in [1.165, 1.54) is 17.5 Å². The highest BCUT2D eigenvalue weighted by Gasteiger charge is 2.21. The number of amides is 1. The number of carbonyl (C=O) groups is 1. The average Bonchev–Trinajstić information content (AvgIpc) is 3.11. The lowest BCUT2D eigenvalue weighted by Gasteiger charge is -2.33. The fourth-order valence-corrected chi connectivity index (χ4v) is 3.67.